The van der Waals surface area contributed by atoms with E-state index in [1.54, 1.807) is 17.7 Å². The van der Waals surface area contributed by atoms with Crippen LogP contribution in [-0.2, 0) is 0 Å². The number of nitrogens with one attached hydrogen (secondary N) is 1. The zero-order chi connectivity index (χ0) is 10.3. The predicted molar refractivity (Wildman–Crippen MR) is 63.7 cm³/mol. The van der Waals surface area contributed by atoms with Crippen molar-refractivity contribution in [1.82, 2.24) is 9.97 Å². The zero-order valence-corrected chi connectivity index (χ0v) is 9.61. The van der Waals surface area contributed by atoms with Gasteiger partial charge >= 0.3 is 0 Å². The monoisotopic (exact) mass is 239 g/mol. The second-order valence-electron chi connectivity index (χ2n) is 3.90. The molecule has 1 aliphatic carbocycles. The summed E-state index contributed by atoms with van der Waals surface area (Å²) in [6.07, 6.45) is 3.86. The average Bonchev–Trinajstić information content (AvgIpc) is 2.87. The number of alkyl halides is 1. The van der Waals surface area contributed by atoms with Gasteiger partial charge in [0.25, 0.3) is 0 Å². The number of hydrogen-bond donors (Lipinski definition) is 1. The van der Waals surface area contributed by atoms with Crippen molar-refractivity contribution < 1.29 is 0 Å². The molecule has 1 fully saturated rings. The fourth-order valence-corrected chi connectivity index (χ4v) is 2.65. The lowest BCUT2D eigenvalue weighted by Crippen LogP contribution is -2.23. The lowest BCUT2D eigenvalue weighted by molar-refractivity contribution is 0.831. The Morgan fingerprint density at radius 3 is 3.07 bits per heavy atom. The molecule has 78 valence electrons. The van der Waals surface area contributed by atoms with E-state index in [4.69, 9.17) is 11.6 Å². The highest BCUT2D eigenvalue weighted by Gasteiger charge is 2.42. The number of nitrogens with zero attached hydrogens (tertiary/aromatic N) is 2. The third kappa shape index (κ3) is 1.58. The van der Waals surface area contributed by atoms with Gasteiger partial charge in [-0.2, -0.15) is 0 Å². The predicted octanol–water partition coefficient (Wildman–Crippen LogP) is 2.87. The van der Waals surface area contributed by atoms with Crippen LogP contribution < -0.4 is 5.32 Å². The minimum Gasteiger partial charge on any atom is -0.363 e. The van der Waals surface area contributed by atoms with Gasteiger partial charge in [0.05, 0.1) is 10.9 Å². The van der Waals surface area contributed by atoms with Gasteiger partial charge in [0.1, 0.15) is 17.0 Å². The molecule has 1 N–H and O–H groups in total. The summed E-state index contributed by atoms with van der Waals surface area (Å²) in [4.78, 5) is 9.52. The van der Waals surface area contributed by atoms with E-state index in [2.05, 4.69) is 15.3 Å². The Bertz CT molecular complexity index is 492. The van der Waals surface area contributed by atoms with E-state index in [1.165, 1.54) is 0 Å². The normalized spacial score (nSPS) is 17.9. The number of fused-ring (bicyclic) bond motifs is 1. The largest absolute Gasteiger partial charge is 0.363 e. The average molecular weight is 240 g/mol. The lowest BCUT2D eigenvalue weighted by atomic mass is 10.3. The van der Waals surface area contributed by atoms with Crippen molar-refractivity contribution in [2.45, 2.75) is 18.4 Å². The minimum absolute atomic E-state index is 0.0881. The quantitative estimate of drug-likeness (QED) is 0.837. The fraction of sp³-hybridized carbons (Fsp3) is 0.400. The molecular formula is C10H10ClN3S. The number of anilines is 1. The van der Waals surface area contributed by atoms with Crippen LogP contribution in [0.2, 0.25) is 0 Å². The Kier molecular flexibility index (Phi) is 2.07. The summed E-state index contributed by atoms with van der Waals surface area (Å²) in [6.45, 7) is 0. The van der Waals surface area contributed by atoms with Crippen LogP contribution in [-0.4, -0.2) is 21.4 Å². The first-order valence-electron chi connectivity index (χ1n) is 4.85. The van der Waals surface area contributed by atoms with E-state index >= 15 is 0 Å². The minimum atomic E-state index is 0.0881. The molecule has 0 radical (unpaired) electrons. The number of thiophene rings is 1. The van der Waals surface area contributed by atoms with Crippen molar-refractivity contribution in [3.05, 3.63) is 17.8 Å². The second kappa shape index (κ2) is 3.32. The molecule has 5 heteroatoms. The molecule has 15 heavy (non-hydrogen) atoms. The molecule has 0 saturated heterocycles. The number of rotatable bonds is 3. The van der Waals surface area contributed by atoms with Crippen molar-refractivity contribution in [2.75, 3.05) is 11.2 Å². The van der Waals surface area contributed by atoms with E-state index in [-0.39, 0.29) is 5.54 Å². The first kappa shape index (κ1) is 9.36. The van der Waals surface area contributed by atoms with Crippen molar-refractivity contribution >= 4 is 39.0 Å². The van der Waals surface area contributed by atoms with Crippen LogP contribution in [0.1, 0.15) is 12.8 Å². The summed E-state index contributed by atoms with van der Waals surface area (Å²) in [5.74, 6) is 1.56. The molecular weight excluding hydrogens is 230 g/mol. The van der Waals surface area contributed by atoms with E-state index in [9.17, 15) is 0 Å². The molecule has 1 saturated carbocycles. The summed E-state index contributed by atoms with van der Waals surface area (Å²) >= 11 is 7.56. The van der Waals surface area contributed by atoms with E-state index in [0.717, 1.165) is 28.9 Å². The first-order chi connectivity index (χ1) is 7.33. The van der Waals surface area contributed by atoms with Crippen LogP contribution in [0.3, 0.4) is 0 Å². The highest BCUT2D eigenvalue weighted by atomic mass is 35.5. The van der Waals surface area contributed by atoms with Crippen molar-refractivity contribution in [3.63, 3.8) is 0 Å². The number of halogens is 1. The molecule has 2 aromatic heterocycles. The Morgan fingerprint density at radius 2 is 2.33 bits per heavy atom. The molecule has 3 nitrogen and oxygen atoms in total. The van der Waals surface area contributed by atoms with Crippen LogP contribution >= 0.6 is 22.9 Å². The molecule has 3 rings (SSSR count). The maximum absolute atomic E-state index is 5.93. The van der Waals surface area contributed by atoms with E-state index in [1.807, 2.05) is 11.4 Å². The molecule has 0 aliphatic heterocycles. The molecule has 2 heterocycles. The molecule has 1 aliphatic rings. The van der Waals surface area contributed by atoms with Gasteiger partial charge in [-0.3, -0.25) is 0 Å². The van der Waals surface area contributed by atoms with Gasteiger partial charge in [-0.05, 0) is 24.3 Å². The molecule has 0 unspecified atom stereocenters. The van der Waals surface area contributed by atoms with Crippen LogP contribution in [0.15, 0.2) is 17.8 Å². The molecule has 0 spiro atoms. The van der Waals surface area contributed by atoms with Crippen LogP contribution in [0.4, 0.5) is 5.82 Å². The van der Waals surface area contributed by atoms with Gasteiger partial charge in [0, 0.05) is 5.88 Å². The van der Waals surface area contributed by atoms with Gasteiger partial charge in [-0.1, -0.05) is 0 Å². The smallest absolute Gasteiger partial charge is 0.138 e. The van der Waals surface area contributed by atoms with Gasteiger partial charge in [0.2, 0.25) is 0 Å². The van der Waals surface area contributed by atoms with Crippen molar-refractivity contribution in [3.8, 4) is 0 Å². The fourth-order valence-electron chi connectivity index (χ4n) is 1.58. The first-order valence-corrected chi connectivity index (χ1v) is 6.27. The summed E-state index contributed by atoms with van der Waals surface area (Å²) in [5, 5.41) is 6.56. The van der Waals surface area contributed by atoms with Crippen molar-refractivity contribution in [2.24, 2.45) is 0 Å². The third-order valence-electron chi connectivity index (χ3n) is 2.75. The van der Waals surface area contributed by atoms with E-state index < -0.39 is 0 Å². The summed E-state index contributed by atoms with van der Waals surface area (Å²) in [7, 11) is 0. The highest BCUT2D eigenvalue weighted by Crippen LogP contribution is 2.40. The Balaban J connectivity index is 2.00. The topological polar surface area (TPSA) is 37.8 Å². The molecule has 0 aromatic carbocycles. The summed E-state index contributed by atoms with van der Waals surface area (Å²) in [5.41, 5.74) is 0.0881. The van der Waals surface area contributed by atoms with Crippen LogP contribution in [0.25, 0.3) is 10.2 Å². The van der Waals surface area contributed by atoms with Crippen molar-refractivity contribution in [1.29, 1.82) is 0 Å². The maximum atomic E-state index is 5.93. The van der Waals surface area contributed by atoms with Crippen LogP contribution in [0, 0.1) is 0 Å². The molecule has 0 bridgehead atoms. The van der Waals surface area contributed by atoms with Gasteiger partial charge in [0.15, 0.2) is 0 Å². The van der Waals surface area contributed by atoms with E-state index in [0.29, 0.717) is 5.88 Å². The Hall–Kier alpha value is -0.870. The standard InChI is InChI=1S/C10H10ClN3S/c11-5-10(2-3-10)14-8-7-1-4-15-9(7)13-6-12-8/h1,4,6H,2-3,5H2,(H,12,13,14). The van der Waals surface area contributed by atoms with Gasteiger partial charge in [-0.15, -0.1) is 22.9 Å². The number of aromatic nitrogens is 2. The highest BCUT2D eigenvalue weighted by molar-refractivity contribution is 7.16. The molecule has 0 amide bonds. The number of hydrogen-bond acceptors (Lipinski definition) is 4. The van der Waals surface area contributed by atoms with Gasteiger partial charge in [-0.25, -0.2) is 9.97 Å². The summed E-state index contributed by atoms with van der Waals surface area (Å²) < 4.78 is 0. The third-order valence-corrected chi connectivity index (χ3v) is 4.09. The Morgan fingerprint density at radius 1 is 1.47 bits per heavy atom. The Labute approximate surface area is 96.5 Å². The lowest BCUT2D eigenvalue weighted by Gasteiger charge is -2.14. The zero-order valence-electron chi connectivity index (χ0n) is 8.03. The van der Waals surface area contributed by atoms with Gasteiger partial charge < -0.3 is 5.32 Å². The summed E-state index contributed by atoms with van der Waals surface area (Å²) in [6, 6.07) is 2.05. The SMILES string of the molecule is ClCC1(Nc2ncnc3sccc23)CC1. The van der Waals surface area contributed by atoms with Crippen LogP contribution in [0.5, 0.6) is 0 Å². The second-order valence-corrected chi connectivity index (χ2v) is 5.06. The molecule has 0 atom stereocenters. The molecule has 2 aromatic rings. The maximum Gasteiger partial charge on any atom is 0.138 e.